The lowest BCUT2D eigenvalue weighted by Crippen LogP contribution is -2.54. The van der Waals surface area contributed by atoms with Crippen molar-refractivity contribution in [1.29, 1.82) is 0 Å². The maximum absolute atomic E-state index is 13.1. The number of carbonyl (C=O) groups excluding carboxylic acids is 2. The van der Waals surface area contributed by atoms with Crippen LogP contribution in [0.25, 0.3) is 11.0 Å². The molecule has 1 heterocycles. The zero-order chi connectivity index (χ0) is 30.7. The summed E-state index contributed by atoms with van der Waals surface area (Å²) in [6.45, 7) is 10.8. The highest BCUT2D eigenvalue weighted by Gasteiger charge is 2.60. The Balaban J connectivity index is 1.08. The van der Waals surface area contributed by atoms with Gasteiger partial charge in [-0.1, -0.05) is 20.8 Å². The summed E-state index contributed by atoms with van der Waals surface area (Å²) in [6, 6.07) is 5.41. The molecule has 0 saturated heterocycles. The van der Waals surface area contributed by atoms with Gasteiger partial charge in [-0.25, -0.2) is 4.79 Å². The van der Waals surface area contributed by atoms with Gasteiger partial charge < -0.3 is 14.8 Å². The van der Waals surface area contributed by atoms with Crippen molar-refractivity contribution in [1.82, 2.24) is 0 Å². The van der Waals surface area contributed by atoms with E-state index in [0.717, 1.165) is 48.0 Å². The van der Waals surface area contributed by atoms with E-state index in [1.807, 2.05) is 19.1 Å². The molecule has 0 radical (unpaired) electrons. The lowest BCUT2D eigenvalue weighted by Gasteiger charge is -2.61. The number of hydrogen-bond acceptors (Lipinski definition) is 5. The molecule has 2 aromatic rings. The second-order valence-electron chi connectivity index (χ2n) is 15.5. The number of fused-ring (bicyclic) bond motifs is 6. The van der Waals surface area contributed by atoms with Crippen molar-refractivity contribution in [2.75, 3.05) is 5.32 Å². The first-order valence-corrected chi connectivity index (χ1v) is 16.9. The fraction of sp³-hybridized carbons (Fsp3) is 0.703. The third kappa shape index (κ3) is 5.40. The van der Waals surface area contributed by atoms with Crippen LogP contribution in [0.1, 0.15) is 109 Å². The molecule has 6 heteroatoms. The number of benzene rings is 1. The summed E-state index contributed by atoms with van der Waals surface area (Å²) in [5.74, 6) is 4.20. The van der Waals surface area contributed by atoms with E-state index in [1.165, 1.54) is 51.9 Å². The van der Waals surface area contributed by atoms with Gasteiger partial charge in [0.15, 0.2) is 0 Å². The van der Waals surface area contributed by atoms with Crippen molar-refractivity contribution in [3.05, 3.63) is 39.7 Å². The van der Waals surface area contributed by atoms with Crippen LogP contribution >= 0.6 is 0 Å². The molecule has 4 aliphatic rings. The number of nitrogens with one attached hydrogen (secondary N) is 1. The van der Waals surface area contributed by atoms with E-state index >= 15 is 0 Å². The van der Waals surface area contributed by atoms with Crippen LogP contribution in [0, 0.1) is 53.3 Å². The fourth-order valence-corrected chi connectivity index (χ4v) is 10.9. The van der Waals surface area contributed by atoms with Gasteiger partial charge in [0.2, 0.25) is 5.91 Å². The summed E-state index contributed by atoms with van der Waals surface area (Å²) in [7, 11) is 0. The first kappa shape index (κ1) is 30.6. The van der Waals surface area contributed by atoms with Gasteiger partial charge in [0.1, 0.15) is 11.4 Å². The first-order chi connectivity index (χ1) is 20.4. The Kier molecular flexibility index (Phi) is 8.15. The van der Waals surface area contributed by atoms with E-state index in [4.69, 9.17) is 4.42 Å². The van der Waals surface area contributed by atoms with Crippen molar-refractivity contribution < 1.29 is 19.1 Å². The number of anilines is 1. The molecule has 9 atom stereocenters. The molecule has 1 aromatic carbocycles. The summed E-state index contributed by atoms with van der Waals surface area (Å²) in [4.78, 5) is 37.2. The maximum Gasteiger partial charge on any atom is 0.340 e. The number of carbonyl (C=O) groups is 2. The molecule has 43 heavy (non-hydrogen) atoms. The maximum atomic E-state index is 13.1. The number of amides is 1. The van der Waals surface area contributed by atoms with Crippen molar-refractivity contribution in [3.63, 3.8) is 0 Å². The Morgan fingerprint density at radius 1 is 1.05 bits per heavy atom. The summed E-state index contributed by atoms with van der Waals surface area (Å²) < 4.78 is 5.53. The summed E-state index contributed by atoms with van der Waals surface area (Å²) in [5, 5.41) is 14.2. The molecule has 6 rings (SSSR count). The number of Topliss-reactive ketones (excluding diaryl/α,β-unsaturated/α-hetero) is 1. The molecule has 4 aliphatic carbocycles. The summed E-state index contributed by atoms with van der Waals surface area (Å²) >= 11 is 0. The van der Waals surface area contributed by atoms with Gasteiger partial charge in [-0.15, -0.1) is 0 Å². The zero-order valence-electron chi connectivity index (χ0n) is 26.8. The summed E-state index contributed by atoms with van der Waals surface area (Å²) in [5.41, 5.74) is 2.49. The number of aliphatic hydroxyl groups excluding tert-OH is 1. The molecule has 1 amide bonds. The second kappa shape index (κ2) is 11.5. The largest absolute Gasteiger partial charge is 0.422 e. The summed E-state index contributed by atoms with van der Waals surface area (Å²) in [6.07, 6.45) is 12.4. The standard InChI is InChI=1S/C37H51NO5/c1-21(6-13-34(41)38-25-8-10-27-23(3)29(18-22(2)39)35(42)43-33(27)20-25)30-11-12-31-28-9-7-24-19-26(40)14-16-36(24,4)32(28)15-17-37(30,31)5/h8,10,20-21,24,26,28,30-32,40H,6-7,9,11-19H2,1-5H3,(H,38,41). The van der Waals surface area contributed by atoms with Gasteiger partial charge in [-0.2, -0.15) is 0 Å². The van der Waals surface area contributed by atoms with Crippen LogP contribution in [-0.4, -0.2) is 22.9 Å². The normalized spacial score (nSPS) is 36.0. The Labute approximate surface area is 256 Å². The molecule has 6 nitrogen and oxygen atoms in total. The molecule has 234 valence electrons. The lowest BCUT2D eigenvalue weighted by molar-refractivity contribution is -0.129. The van der Waals surface area contributed by atoms with Crippen LogP contribution in [0.15, 0.2) is 27.4 Å². The Morgan fingerprint density at radius 2 is 1.79 bits per heavy atom. The van der Waals surface area contributed by atoms with E-state index in [0.29, 0.717) is 51.8 Å². The Hall–Kier alpha value is -2.47. The van der Waals surface area contributed by atoms with E-state index in [9.17, 15) is 19.5 Å². The number of aryl methyl sites for hydroxylation is 1. The molecule has 0 bridgehead atoms. The van der Waals surface area contributed by atoms with Gasteiger partial charge in [0.25, 0.3) is 0 Å². The molecule has 9 unspecified atom stereocenters. The van der Waals surface area contributed by atoms with E-state index in [1.54, 1.807) is 6.07 Å². The molecule has 4 fully saturated rings. The van der Waals surface area contributed by atoms with Crippen LogP contribution in [0.3, 0.4) is 0 Å². The predicted molar refractivity (Wildman–Crippen MR) is 170 cm³/mol. The minimum absolute atomic E-state index is 0.00684. The third-order valence-electron chi connectivity index (χ3n) is 13.2. The number of hydrogen-bond donors (Lipinski definition) is 2. The average molecular weight is 590 g/mol. The minimum Gasteiger partial charge on any atom is -0.422 e. The van der Waals surface area contributed by atoms with Gasteiger partial charge >= 0.3 is 5.63 Å². The number of rotatable bonds is 7. The first-order valence-electron chi connectivity index (χ1n) is 16.9. The van der Waals surface area contributed by atoms with Gasteiger partial charge in [0, 0.05) is 35.5 Å². The topological polar surface area (TPSA) is 96.6 Å². The molecule has 0 aliphatic heterocycles. The zero-order valence-corrected chi connectivity index (χ0v) is 26.8. The van der Waals surface area contributed by atoms with Crippen LogP contribution in [0.2, 0.25) is 0 Å². The van der Waals surface area contributed by atoms with E-state index < -0.39 is 5.63 Å². The van der Waals surface area contributed by atoms with E-state index in [2.05, 4.69) is 26.1 Å². The van der Waals surface area contributed by atoms with E-state index in [-0.39, 0.29) is 24.2 Å². The van der Waals surface area contributed by atoms with Crippen molar-refractivity contribution in [3.8, 4) is 0 Å². The highest BCUT2D eigenvalue weighted by Crippen LogP contribution is 2.68. The highest BCUT2D eigenvalue weighted by atomic mass is 16.4. The Bertz CT molecular complexity index is 1460. The number of ketones is 1. The average Bonchev–Trinajstić information content (AvgIpc) is 3.31. The van der Waals surface area contributed by atoms with Crippen LogP contribution in [0.5, 0.6) is 0 Å². The molecule has 1 aromatic heterocycles. The van der Waals surface area contributed by atoms with Gasteiger partial charge in [0.05, 0.1) is 6.10 Å². The molecular weight excluding hydrogens is 538 g/mol. The SMILES string of the molecule is CC(=O)Cc1c(C)c2ccc(NC(=O)CCC(C)C3CCC4C5CCC6CC(O)CCC6(C)C5CCC34C)cc2oc1=O. The van der Waals surface area contributed by atoms with Gasteiger partial charge in [-0.3, -0.25) is 9.59 Å². The van der Waals surface area contributed by atoms with Gasteiger partial charge in [-0.05, 0) is 142 Å². The molecule has 0 spiro atoms. The number of aliphatic hydroxyl groups is 1. The third-order valence-corrected chi connectivity index (χ3v) is 13.2. The van der Waals surface area contributed by atoms with Crippen molar-refractivity contribution >= 4 is 28.3 Å². The minimum atomic E-state index is -0.491. The predicted octanol–water partition coefficient (Wildman–Crippen LogP) is 7.61. The van der Waals surface area contributed by atoms with Crippen molar-refractivity contribution in [2.45, 2.75) is 118 Å². The second-order valence-corrected chi connectivity index (χ2v) is 15.5. The van der Waals surface area contributed by atoms with Crippen LogP contribution in [0.4, 0.5) is 5.69 Å². The molecular formula is C37H51NO5. The van der Waals surface area contributed by atoms with Crippen molar-refractivity contribution in [2.24, 2.45) is 46.3 Å². The Morgan fingerprint density at radius 3 is 2.56 bits per heavy atom. The molecule has 4 saturated carbocycles. The monoisotopic (exact) mass is 589 g/mol. The molecule has 2 N–H and O–H groups in total. The highest BCUT2D eigenvalue weighted by molar-refractivity contribution is 5.94. The van der Waals surface area contributed by atoms with Crippen LogP contribution < -0.4 is 10.9 Å². The smallest absolute Gasteiger partial charge is 0.340 e. The van der Waals surface area contributed by atoms with Crippen LogP contribution in [-0.2, 0) is 16.0 Å². The quantitative estimate of drug-likeness (QED) is 0.324. The fourth-order valence-electron chi connectivity index (χ4n) is 10.9. The lowest BCUT2D eigenvalue weighted by atomic mass is 9.44.